The number of aliphatic hydroxyl groups excluding tert-OH is 1. The van der Waals surface area contributed by atoms with Crippen LogP contribution in [0.2, 0.25) is 0 Å². The monoisotopic (exact) mass is 317 g/mol. The number of hydrogen-bond donors (Lipinski definition) is 1. The average Bonchev–Trinajstić information content (AvgIpc) is 2.79. The predicted molar refractivity (Wildman–Crippen MR) is 89.2 cm³/mol. The lowest BCUT2D eigenvalue weighted by Gasteiger charge is -2.38. The van der Waals surface area contributed by atoms with Gasteiger partial charge in [0, 0.05) is 12.1 Å². The highest BCUT2D eigenvalue weighted by molar-refractivity contribution is 5.83. The minimum Gasteiger partial charge on any atom is -0.462 e. The fourth-order valence-corrected chi connectivity index (χ4v) is 4.21. The van der Waals surface area contributed by atoms with E-state index in [1.807, 2.05) is 37.3 Å². The van der Waals surface area contributed by atoms with E-state index >= 15 is 0 Å². The van der Waals surface area contributed by atoms with Crippen LogP contribution in [0, 0.1) is 0 Å². The van der Waals surface area contributed by atoms with Crippen molar-refractivity contribution in [1.82, 2.24) is 4.90 Å². The summed E-state index contributed by atoms with van der Waals surface area (Å²) in [6.45, 7) is 1.72. The molecule has 0 saturated carbocycles. The fourth-order valence-electron chi connectivity index (χ4n) is 4.21. The van der Waals surface area contributed by atoms with Gasteiger partial charge < -0.3 is 14.7 Å². The van der Waals surface area contributed by atoms with Crippen molar-refractivity contribution in [2.45, 2.75) is 62.6 Å². The van der Waals surface area contributed by atoms with E-state index in [4.69, 9.17) is 4.74 Å². The van der Waals surface area contributed by atoms with Crippen LogP contribution in [0.1, 0.15) is 44.6 Å². The lowest BCUT2D eigenvalue weighted by Crippen LogP contribution is -2.47. The first-order chi connectivity index (χ1) is 11.1. The minimum absolute atomic E-state index is 0.0163. The first kappa shape index (κ1) is 16.5. The van der Waals surface area contributed by atoms with Gasteiger partial charge in [0.05, 0.1) is 6.61 Å². The fraction of sp³-hybridized carbons (Fsp3) is 0.632. The number of benzene rings is 1. The Labute approximate surface area is 138 Å². The van der Waals surface area contributed by atoms with Gasteiger partial charge in [-0.3, -0.25) is 4.79 Å². The van der Waals surface area contributed by atoms with Crippen molar-refractivity contribution >= 4 is 5.97 Å². The molecule has 1 aromatic carbocycles. The van der Waals surface area contributed by atoms with E-state index in [0.29, 0.717) is 18.5 Å². The number of aliphatic hydroxyl groups is 1. The second-order valence-electron chi connectivity index (χ2n) is 7.01. The Morgan fingerprint density at radius 3 is 2.39 bits per heavy atom. The molecule has 1 N–H and O–H groups in total. The molecule has 2 heterocycles. The SMILES string of the molecule is CC[C@](CO)(C(=O)OC1C[C@@H]2CC[C@@H](C1)N2C)c1ccccc1. The second-order valence-corrected chi connectivity index (χ2v) is 7.01. The number of carbonyl (C=O) groups excluding carboxylic acids is 1. The summed E-state index contributed by atoms with van der Waals surface area (Å²) < 4.78 is 5.90. The highest BCUT2D eigenvalue weighted by atomic mass is 16.5. The van der Waals surface area contributed by atoms with Gasteiger partial charge in [-0.05, 0) is 44.7 Å². The molecular formula is C19H27NO3. The second kappa shape index (κ2) is 6.62. The molecule has 0 aromatic heterocycles. The molecular weight excluding hydrogens is 290 g/mol. The van der Waals surface area contributed by atoms with Crippen LogP contribution in [-0.2, 0) is 14.9 Å². The number of ether oxygens (including phenoxy) is 1. The molecule has 0 unspecified atom stereocenters. The zero-order valence-electron chi connectivity index (χ0n) is 14.1. The molecule has 0 spiro atoms. The molecule has 2 aliphatic heterocycles. The van der Waals surface area contributed by atoms with E-state index in [1.54, 1.807) is 0 Å². The number of carbonyl (C=O) groups is 1. The van der Waals surface area contributed by atoms with E-state index in [9.17, 15) is 9.90 Å². The first-order valence-electron chi connectivity index (χ1n) is 8.70. The number of fused-ring (bicyclic) bond motifs is 2. The van der Waals surface area contributed by atoms with Crippen molar-refractivity contribution in [1.29, 1.82) is 0 Å². The van der Waals surface area contributed by atoms with Crippen molar-refractivity contribution in [3.8, 4) is 0 Å². The van der Waals surface area contributed by atoms with Gasteiger partial charge in [0.25, 0.3) is 0 Å². The molecule has 1 aromatic rings. The highest BCUT2D eigenvalue weighted by Crippen LogP contribution is 2.37. The highest BCUT2D eigenvalue weighted by Gasteiger charge is 2.44. The summed E-state index contributed by atoms with van der Waals surface area (Å²) in [5.74, 6) is -0.275. The topological polar surface area (TPSA) is 49.8 Å². The third-order valence-electron chi connectivity index (χ3n) is 5.92. The standard InChI is InChI=1S/C19H27NO3/c1-3-19(13-21,14-7-5-4-6-8-14)18(22)23-17-11-15-9-10-16(12-17)20(15)2/h4-8,15-17,21H,3,9-13H2,1-2H3/t15-,16-,19+/m0/s1. The van der Waals surface area contributed by atoms with Crippen molar-refractivity contribution in [3.63, 3.8) is 0 Å². The molecule has 4 heteroatoms. The maximum absolute atomic E-state index is 12.9. The molecule has 0 radical (unpaired) electrons. The van der Waals surface area contributed by atoms with Gasteiger partial charge in [-0.1, -0.05) is 37.3 Å². The molecule has 23 heavy (non-hydrogen) atoms. The van der Waals surface area contributed by atoms with Crippen LogP contribution in [0.15, 0.2) is 30.3 Å². The first-order valence-corrected chi connectivity index (χ1v) is 8.70. The Balaban J connectivity index is 1.75. The Bertz CT molecular complexity index is 527. The Morgan fingerprint density at radius 1 is 1.26 bits per heavy atom. The summed E-state index contributed by atoms with van der Waals surface area (Å²) in [7, 11) is 2.18. The van der Waals surface area contributed by atoms with Crippen LogP contribution >= 0.6 is 0 Å². The quantitative estimate of drug-likeness (QED) is 0.848. The third-order valence-corrected chi connectivity index (χ3v) is 5.92. The largest absolute Gasteiger partial charge is 0.462 e. The van der Waals surface area contributed by atoms with Gasteiger partial charge >= 0.3 is 5.97 Å². The van der Waals surface area contributed by atoms with Gasteiger partial charge in [0.1, 0.15) is 11.5 Å². The zero-order chi connectivity index (χ0) is 16.4. The van der Waals surface area contributed by atoms with Crippen molar-refractivity contribution in [2.24, 2.45) is 0 Å². The van der Waals surface area contributed by atoms with Crippen LogP contribution in [0.5, 0.6) is 0 Å². The zero-order valence-corrected chi connectivity index (χ0v) is 14.1. The Morgan fingerprint density at radius 2 is 1.87 bits per heavy atom. The smallest absolute Gasteiger partial charge is 0.319 e. The predicted octanol–water partition coefficient (Wildman–Crippen LogP) is 2.50. The lowest BCUT2D eigenvalue weighted by atomic mass is 9.78. The molecule has 126 valence electrons. The van der Waals surface area contributed by atoms with Crippen LogP contribution < -0.4 is 0 Å². The van der Waals surface area contributed by atoms with Gasteiger partial charge in [0.2, 0.25) is 0 Å². The lowest BCUT2D eigenvalue weighted by molar-refractivity contribution is -0.161. The van der Waals surface area contributed by atoms with E-state index < -0.39 is 5.41 Å². The average molecular weight is 317 g/mol. The maximum Gasteiger partial charge on any atom is 0.319 e. The molecule has 0 aliphatic carbocycles. The van der Waals surface area contributed by atoms with Gasteiger partial charge in [0.15, 0.2) is 0 Å². The summed E-state index contributed by atoms with van der Waals surface area (Å²) in [5.41, 5.74) is -0.102. The normalized spacial score (nSPS) is 30.0. The molecule has 3 atom stereocenters. The molecule has 2 saturated heterocycles. The van der Waals surface area contributed by atoms with E-state index in [0.717, 1.165) is 18.4 Å². The van der Waals surface area contributed by atoms with Gasteiger partial charge in [-0.2, -0.15) is 0 Å². The summed E-state index contributed by atoms with van der Waals surface area (Å²) in [6, 6.07) is 10.6. The van der Waals surface area contributed by atoms with E-state index in [1.165, 1.54) is 12.8 Å². The number of hydrogen-bond acceptors (Lipinski definition) is 4. The molecule has 2 fully saturated rings. The Kier molecular flexibility index (Phi) is 4.74. The number of piperidine rings is 1. The number of esters is 1. The molecule has 3 rings (SSSR count). The summed E-state index contributed by atoms with van der Waals surface area (Å²) >= 11 is 0. The summed E-state index contributed by atoms with van der Waals surface area (Å²) in [6.07, 6.45) is 4.75. The summed E-state index contributed by atoms with van der Waals surface area (Å²) in [5, 5.41) is 9.98. The molecule has 2 aliphatic rings. The van der Waals surface area contributed by atoms with Gasteiger partial charge in [-0.25, -0.2) is 0 Å². The van der Waals surface area contributed by atoms with Crippen molar-refractivity contribution < 1.29 is 14.6 Å². The maximum atomic E-state index is 12.9. The van der Waals surface area contributed by atoms with Crippen molar-refractivity contribution in [3.05, 3.63) is 35.9 Å². The van der Waals surface area contributed by atoms with Crippen LogP contribution in [0.25, 0.3) is 0 Å². The van der Waals surface area contributed by atoms with Gasteiger partial charge in [-0.15, -0.1) is 0 Å². The molecule has 2 bridgehead atoms. The van der Waals surface area contributed by atoms with Crippen molar-refractivity contribution in [2.75, 3.05) is 13.7 Å². The van der Waals surface area contributed by atoms with E-state index in [-0.39, 0.29) is 18.7 Å². The number of rotatable bonds is 5. The van der Waals surface area contributed by atoms with E-state index in [2.05, 4.69) is 11.9 Å². The molecule has 0 amide bonds. The molecule has 4 nitrogen and oxygen atoms in total. The Hall–Kier alpha value is -1.39. The van der Waals surface area contributed by atoms with Crippen LogP contribution in [0.3, 0.4) is 0 Å². The summed E-state index contributed by atoms with van der Waals surface area (Å²) in [4.78, 5) is 15.3. The van der Waals surface area contributed by atoms with Crippen LogP contribution in [0.4, 0.5) is 0 Å². The minimum atomic E-state index is -0.941. The number of nitrogens with zero attached hydrogens (tertiary/aromatic N) is 1. The third kappa shape index (κ3) is 2.90. The van der Waals surface area contributed by atoms with Crippen LogP contribution in [-0.4, -0.2) is 47.8 Å².